The second kappa shape index (κ2) is 9.46. The fourth-order valence-corrected chi connectivity index (χ4v) is 3.67. The van der Waals surface area contributed by atoms with Crippen LogP contribution in [0.25, 0.3) is 0 Å². The van der Waals surface area contributed by atoms with Crippen LogP contribution in [-0.2, 0) is 13.1 Å². The first kappa shape index (κ1) is 21.4. The molecule has 1 saturated heterocycles. The Bertz CT molecular complexity index is 1110. The van der Waals surface area contributed by atoms with Crippen LogP contribution in [0.2, 0.25) is 0 Å². The van der Waals surface area contributed by atoms with Gasteiger partial charge in [-0.05, 0) is 37.5 Å². The molecule has 3 N–H and O–H groups in total. The highest BCUT2D eigenvalue weighted by molar-refractivity contribution is 5.94. The van der Waals surface area contributed by atoms with Gasteiger partial charge in [-0.25, -0.2) is 4.79 Å². The molecule has 2 aromatic rings. The number of aromatic nitrogens is 2. The lowest BCUT2D eigenvalue weighted by Gasteiger charge is -2.33. The minimum absolute atomic E-state index is 0.00875. The maximum Gasteiger partial charge on any atom is 0.333 e. The molecule has 0 spiro atoms. The predicted octanol–water partition coefficient (Wildman–Crippen LogP) is 0.369. The molecule has 3 rings (SSSR count). The number of carbonyl (C=O) groups is 1. The van der Waals surface area contributed by atoms with Gasteiger partial charge in [-0.3, -0.25) is 18.7 Å². The van der Waals surface area contributed by atoms with Crippen molar-refractivity contribution in [3.8, 4) is 11.8 Å². The number of nitrogens with one attached hydrogen (secondary N) is 1. The quantitative estimate of drug-likeness (QED) is 0.695. The number of nitrogens with zero attached hydrogens (tertiary/aromatic N) is 3. The highest BCUT2D eigenvalue weighted by atomic mass is 16.2. The number of benzene rings is 1. The minimum Gasteiger partial charge on any atom is -0.356 e. The molecule has 0 aliphatic carbocycles. The molecule has 1 atom stereocenters. The zero-order valence-corrected chi connectivity index (χ0v) is 17.4. The van der Waals surface area contributed by atoms with Crippen molar-refractivity contribution < 1.29 is 4.79 Å². The fraction of sp³-hybridized carbons (Fsp3) is 0.409. The van der Waals surface area contributed by atoms with E-state index in [-0.39, 0.29) is 30.6 Å². The van der Waals surface area contributed by atoms with E-state index < -0.39 is 5.69 Å². The number of amides is 1. The molecule has 2 heterocycles. The van der Waals surface area contributed by atoms with Crippen molar-refractivity contribution in [1.82, 2.24) is 14.5 Å². The second-order valence-corrected chi connectivity index (χ2v) is 7.35. The van der Waals surface area contributed by atoms with Crippen molar-refractivity contribution in [2.75, 3.05) is 25.0 Å². The summed E-state index contributed by atoms with van der Waals surface area (Å²) in [5.41, 5.74) is 6.45. The summed E-state index contributed by atoms with van der Waals surface area (Å²) in [6.07, 6.45) is 1.83. The van der Waals surface area contributed by atoms with Crippen molar-refractivity contribution in [3.63, 3.8) is 0 Å². The summed E-state index contributed by atoms with van der Waals surface area (Å²) in [4.78, 5) is 40.0. The van der Waals surface area contributed by atoms with E-state index in [1.165, 1.54) is 15.2 Å². The molecular formula is C22H27N5O3. The zero-order chi connectivity index (χ0) is 21.7. The van der Waals surface area contributed by atoms with Gasteiger partial charge < -0.3 is 16.0 Å². The molecule has 1 aliphatic heterocycles. The molecule has 0 radical (unpaired) electrons. The largest absolute Gasteiger partial charge is 0.356 e. The van der Waals surface area contributed by atoms with E-state index in [0.29, 0.717) is 23.5 Å². The summed E-state index contributed by atoms with van der Waals surface area (Å²) in [5.74, 6) is 6.06. The van der Waals surface area contributed by atoms with Crippen LogP contribution >= 0.6 is 0 Å². The van der Waals surface area contributed by atoms with Crippen molar-refractivity contribution in [2.45, 2.75) is 38.9 Å². The van der Waals surface area contributed by atoms with E-state index in [9.17, 15) is 14.4 Å². The molecule has 30 heavy (non-hydrogen) atoms. The Hall–Kier alpha value is -3.31. The third-order valence-corrected chi connectivity index (χ3v) is 5.21. The van der Waals surface area contributed by atoms with Crippen LogP contribution < -0.4 is 27.2 Å². The lowest BCUT2D eigenvalue weighted by Crippen LogP contribution is -2.48. The first-order valence-corrected chi connectivity index (χ1v) is 10.0. The highest BCUT2D eigenvalue weighted by Crippen LogP contribution is 2.17. The Morgan fingerprint density at radius 2 is 2.07 bits per heavy atom. The summed E-state index contributed by atoms with van der Waals surface area (Å²) in [6, 6.07) is 8.37. The number of rotatable bonds is 5. The molecule has 1 aromatic heterocycles. The lowest BCUT2D eigenvalue weighted by molar-refractivity contribution is 0.0963. The molecule has 1 aromatic carbocycles. The second-order valence-electron chi connectivity index (χ2n) is 7.35. The smallest absolute Gasteiger partial charge is 0.333 e. The van der Waals surface area contributed by atoms with Crippen LogP contribution in [0.3, 0.4) is 0 Å². The summed E-state index contributed by atoms with van der Waals surface area (Å²) < 4.78 is 2.70. The Balaban J connectivity index is 2.03. The van der Waals surface area contributed by atoms with Gasteiger partial charge in [0.25, 0.3) is 11.5 Å². The zero-order valence-electron chi connectivity index (χ0n) is 17.4. The molecule has 1 amide bonds. The van der Waals surface area contributed by atoms with Crippen LogP contribution in [-0.4, -0.2) is 41.2 Å². The van der Waals surface area contributed by atoms with E-state index in [2.05, 4.69) is 17.2 Å². The van der Waals surface area contributed by atoms with E-state index in [0.717, 1.165) is 19.4 Å². The van der Waals surface area contributed by atoms with Crippen molar-refractivity contribution in [3.05, 3.63) is 62.3 Å². The topological polar surface area (TPSA) is 102 Å². The molecule has 0 saturated carbocycles. The fourth-order valence-electron chi connectivity index (χ4n) is 3.67. The van der Waals surface area contributed by atoms with Gasteiger partial charge in [0.2, 0.25) is 0 Å². The normalized spacial score (nSPS) is 16.0. The molecule has 0 bridgehead atoms. The summed E-state index contributed by atoms with van der Waals surface area (Å²) in [5, 5.41) is 2.57. The van der Waals surface area contributed by atoms with Gasteiger partial charge in [0.1, 0.15) is 5.82 Å². The molecule has 1 fully saturated rings. The van der Waals surface area contributed by atoms with E-state index >= 15 is 0 Å². The van der Waals surface area contributed by atoms with E-state index in [1.54, 1.807) is 38.2 Å². The number of nitrogens with two attached hydrogens (primary N) is 1. The van der Waals surface area contributed by atoms with Crippen molar-refractivity contribution in [2.24, 2.45) is 5.73 Å². The third kappa shape index (κ3) is 4.63. The Morgan fingerprint density at radius 1 is 1.27 bits per heavy atom. The highest BCUT2D eigenvalue weighted by Gasteiger charge is 2.22. The first-order valence-electron chi connectivity index (χ1n) is 10.0. The minimum atomic E-state index is -0.426. The monoisotopic (exact) mass is 409 g/mol. The number of hydrogen-bond donors (Lipinski definition) is 2. The Labute approximate surface area is 175 Å². The van der Waals surface area contributed by atoms with E-state index in [4.69, 9.17) is 5.73 Å². The van der Waals surface area contributed by atoms with Crippen LogP contribution in [0, 0.1) is 11.8 Å². The number of hydrogen-bond acceptors (Lipinski definition) is 5. The van der Waals surface area contributed by atoms with Crippen LogP contribution in [0.1, 0.15) is 35.7 Å². The van der Waals surface area contributed by atoms with Gasteiger partial charge in [-0.1, -0.05) is 18.1 Å². The van der Waals surface area contributed by atoms with Gasteiger partial charge >= 0.3 is 5.69 Å². The maximum absolute atomic E-state index is 13.2. The van der Waals surface area contributed by atoms with Crippen molar-refractivity contribution in [1.29, 1.82) is 0 Å². The van der Waals surface area contributed by atoms with Crippen LogP contribution in [0.15, 0.2) is 39.9 Å². The number of anilines is 1. The average Bonchev–Trinajstić information content (AvgIpc) is 2.75. The summed E-state index contributed by atoms with van der Waals surface area (Å²) in [7, 11) is 1.55. The van der Waals surface area contributed by atoms with Crippen molar-refractivity contribution >= 4 is 11.7 Å². The lowest BCUT2D eigenvalue weighted by atomic mass is 10.1. The number of carbonyl (C=O) groups excluding carboxylic acids is 1. The van der Waals surface area contributed by atoms with Gasteiger partial charge in [0.15, 0.2) is 0 Å². The molecule has 0 unspecified atom stereocenters. The van der Waals surface area contributed by atoms with Crippen LogP contribution in [0.5, 0.6) is 0 Å². The summed E-state index contributed by atoms with van der Waals surface area (Å²) in [6.45, 7) is 3.31. The third-order valence-electron chi connectivity index (χ3n) is 5.21. The average molecular weight is 409 g/mol. The molecule has 8 nitrogen and oxygen atoms in total. The molecular weight excluding hydrogens is 382 g/mol. The molecule has 1 aliphatic rings. The first-order chi connectivity index (χ1) is 14.4. The van der Waals surface area contributed by atoms with Gasteiger partial charge in [-0.15, -0.1) is 5.92 Å². The van der Waals surface area contributed by atoms with Gasteiger partial charge in [-0.2, -0.15) is 0 Å². The van der Waals surface area contributed by atoms with Gasteiger partial charge in [0.05, 0.1) is 13.1 Å². The predicted molar refractivity (Wildman–Crippen MR) is 117 cm³/mol. The Kier molecular flexibility index (Phi) is 6.75. The summed E-state index contributed by atoms with van der Waals surface area (Å²) >= 11 is 0. The SMILES string of the molecule is CC#CCn1c(N2CCC[C@@H](N)C2)cc(=O)n(Cc2cccc(C(=O)NC)c2)c1=O. The standard InChI is InChI=1S/C22H27N5O3/c1-3-4-11-26-19(25-10-6-9-18(23)15-25)13-20(28)27(22(26)30)14-16-7-5-8-17(12-16)21(29)24-2/h5,7-8,12-13,18H,6,9-11,14-15,23H2,1-2H3,(H,24,29)/t18-/m1/s1. The molecule has 158 valence electrons. The number of piperidine rings is 1. The maximum atomic E-state index is 13.2. The van der Waals surface area contributed by atoms with Gasteiger partial charge in [0, 0.05) is 37.8 Å². The van der Waals surface area contributed by atoms with Crippen LogP contribution in [0.4, 0.5) is 5.82 Å². The Morgan fingerprint density at radius 3 is 2.77 bits per heavy atom. The molecule has 8 heteroatoms. The van der Waals surface area contributed by atoms with E-state index in [1.807, 2.05) is 4.90 Å².